The van der Waals surface area contributed by atoms with Crippen LogP contribution in [0.3, 0.4) is 0 Å². The van der Waals surface area contributed by atoms with Gasteiger partial charge in [-0.3, -0.25) is 0 Å². The third-order valence-corrected chi connectivity index (χ3v) is 1.38. The fraction of sp³-hybridized carbons (Fsp3) is 0.667. The summed E-state index contributed by atoms with van der Waals surface area (Å²) in [6.45, 7) is 4.85. The smallest absolute Gasteiger partial charge is 0.0114 e. The molecule has 0 amide bonds. The molecule has 0 aromatic rings. The first-order chi connectivity index (χ1) is 3.43. The predicted molar refractivity (Wildman–Crippen MR) is 31.2 cm³/mol. The van der Waals surface area contributed by atoms with Crippen LogP contribution in [-0.4, -0.2) is 12.6 Å². The highest BCUT2D eigenvalue weighted by Gasteiger charge is 2.12. The summed E-state index contributed by atoms with van der Waals surface area (Å²) in [4.78, 5) is 0. The predicted octanol–water partition coefficient (Wildman–Crippen LogP) is 0.924. The average molecular weight is 98.2 g/mol. The molecule has 7 heavy (non-hydrogen) atoms. The van der Waals surface area contributed by atoms with E-state index in [4.69, 9.17) is 0 Å². The number of hydrogen-bond donors (Lipinski definition) is 1. The largest absolute Gasteiger partial charge is 0.314 e. The molecule has 1 unspecified atom stereocenters. The lowest BCUT2D eigenvalue weighted by molar-refractivity contribution is 0.374. The van der Waals surface area contributed by atoms with Crippen LogP contribution in [0.15, 0.2) is 12.7 Å². The summed E-state index contributed by atoms with van der Waals surface area (Å²) in [6, 6.07) is 0.762. The molecule has 1 atom stereocenters. The fourth-order valence-electron chi connectivity index (χ4n) is 0.751. The molecule has 1 N–H and O–H groups in total. The molecule has 0 aliphatic carbocycles. The zero-order valence-electron chi connectivity index (χ0n) is 4.48. The third kappa shape index (κ3) is 1.03. The molecule has 1 fully saturated rings. The zero-order valence-corrected chi connectivity index (χ0v) is 4.48. The highest BCUT2D eigenvalue weighted by Crippen LogP contribution is 2.05. The topological polar surface area (TPSA) is 12.0 Å². The van der Waals surface area contributed by atoms with E-state index >= 15 is 0 Å². The lowest BCUT2D eigenvalue weighted by atomic mass is 10.3. The van der Waals surface area contributed by atoms with Crippen LogP contribution < -0.4 is 5.32 Å². The average Bonchev–Trinajstić information content (AvgIpc) is 1.55. The normalized spacial score (nSPS) is 28.9. The Bertz CT molecular complexity index is 64.6. The third-order valence-electron chi connectivity index (χ3n) is 1.38. The summed E-state index contributed by atoms with van der Waals surface area (Å²) < 4.78 is 0. The van der Waals surface area contributed by atoms with Crippen LogP contribution in [0.1, 0.15) is 12.8 Å². The van der Waals surface area contributed by atoms with E-state index in [2.05, 4.69) is 11.9 Å². The van der Waals surface area contributed by atoms with Crippen molar-refractivity contribution in [2.24, 2.45) is 0 Å². The van der Waals surface area contributed by atoms with Gasteiger partial charge in [0.05, 0.1) is 0 Å². The van der Waals surface area contributed by atoms with Crippen LogP contribution in [0.2, 0.25) is 0 Å². The number of rotatable bonds is 2. The summed E-state index contributed by atoms with van der Waals surface area (Å²) in [5.74, 6) is 0. The van der Waals surface area contributed by atoms with Crippen LogP contribution in [0.4, 0.5) is 0 Å². The van der Waals surface area contributed by atoms with Gasteiger partial charge in [-0.25, -0.2) is 0 Å². The van der Waals surface area contributed by atoms with Crippen molar-refractivity contribution in [3.05, 3.63) is 12.7 Å². The maximum Gasteiger partial charge on any atom is 0.0114 e. The van der Waals surface area contributed by atoms with Crippen LogP contribution in [0.5, 0.6) is 0 Å². The molecule has 0 aromatic carbocycles. The van der Waals surface area contributed by atoms with E-state index in [0.29, 0.717) is 0 Å². The Kier molecular flexibility index (Phi) is 1.47. The molecule has 1 saturated heterocycles. The van der Waals surface area contributed by atoms with Crippen molar-refractivity contribution in [3.63, 3.8) is 0 Å². The Morgan fingerprint density at radius 3 is 2.71 bits per heavy atom. The molecular weight excluding hydrogens is 87.1 g/mol. The van der Waals surface area contributed by atoms with Crippen LogP contribution >= 0.6 is 0 Å². The molecule has 0 aromatic heterocycles. The molecule has 1 heteroatoms. The van der Waals surface area contributed by atoms with Crippen molar-refractivity contribution in [1.82, 2.24) is 5.32 Å². The van der Waals surface area contributed by atoms with Gasteiger partial charge in [-0.05, 0) is 19.4 Å². The molecule has 0 bridgehead atoms. The molecular formula is C6H11N. The van der Waals surface area contributed by atoms with Gasteiger partial charge in [0.25, 0.3) is 0 Å². The lowest BCUT2D eigenvalue weighted by Gasteiger charge is -2.25. The van der Waals surface area contributed by atoms with E-state index in [0.717, 1.165) is 12.5 Å². The molecule has 0 spiro atoms. The Morgan fingerprint density at radius 1 is 1.86 bits per heavy atom. The van der Waals surface area contributed by atoms with Crippen LogP contribution in [0.25, 0.3) is 0 Å². The standard InChI is InChI=1S/C6H11N/c1-2-3-6-4-5-7-6/h2,6-7H,1,3-5H2/i6+1. The Labute approximate surface area is 44.4 Å². The van der Waals surface area contributed by atoms with Crippen molar-refractivity contribution in [2.45, 2.75) is 18.9 Å². The van der Waals surface area contributed by atoms with Crippen LogP contribution in [0, 0.1) is 0 Å². The molecule has 1 aliphatic heterocycles. The van der Waals surface area contributed by atoms with Crippen LogP contribution in [-0.2, 0) is 0 Å². The number of nitrogens with one attached hydrogen (secondary N) is 1. The van der Waals surface area contributed by atoms with E-state index in [9.17, 15) is 0 Å². The second-order valence-corrected chi connectivity index (χ2v) is 1.96. The molecule has 1 heterocycles. The van der Waals surface area contributed by atoms with Gasteiger partial charge in [-0.15, -0.1) is 6.58 Å². The summed E-state index contributed by atoms with van der Waals surface area (Å²) in [6.07, 6.45) is 4.45. The van der Waals surface area contributed by atoms with E-state index < -0.39 is 0 Å². The van der Waals surface area contributed by atoms with Gasteiger partial charge in [0.2, 0.25) is 0 Å². The second kappa shape index (κ2) is 2.12. The Hall–Kier alpha value is -0.300. The van der Waals surface area contributed by atoms with Gasteiger partial charge in [0.1, 0.15) is 0 Å². The first-order valence-corrected chi connectivity index (χ1v) is 2.78. The molecule has 0 saturated carbocycles. The van der Waals surface area contributed by atoms with Crippen molar-refractivity contribution in [2.75, 3.05) is 6.54 Å². The van der Waals surface area contributed by atoms with E-state index in [-0.39, 0.29) is 0 Å². The van der Waals surface area contributed by atoms with E-state index in [1.807, 2.05) is 6.08 Å². The Morgan fingerprint density at radius 2 is 2.57 bits per heavy atom. The van der Waals surface area contributed by atoms with Gasteiger partial charge in [-0.2, -0.15) is 0 Å². The maximum atomic E-state index is 3.64. The second-order valence-electron chi connectivity index (χ2n) is 1.96. The molecule has 40 valence electrons. The van der Waals surface area contributed by atoms with Gasteiger partial charge in [0.15, 0.2) is 0 Å². The summed E-state index contributed by atoms with van der Waals surface area (Å²) in [5.41, 5.74) is 0. The molecule has 1 aliphatic rings. The van der Waals surface area contributed by atoms with Gasteiger partial charge in [0, 0.05) is 6.04 Å². The van der Waals surface area contributed by atoms with Gasteiger partial charge >= 0.3 is 0 Å². The monoisotopic (exact) mass is 98.1 g/mol. The van der Waals surface area contributed by atoms with E-state index in [1.165, 1.54) is 13.0 Å². The summed E-state index contributed by atoms with van der Waals surface area (Å²) >= 11 is 0. The van der Waals surface area contributed by atoms with Crippen molar-refractivity contribution < 1.29 is 0 Å². The molecule has 1 rings (SSSR count). The highest BCUT2D eigenvalue weighted by atomic mass is 15.2. The lowest BCUT2D eigenvalue weighted by Crippen LogP contribution is -2.42. The minimum Gasteiger partial charge on any atom is -0.314 e. The number of hydrogen-bond acceptors (Lipinski definition) is 1. The van der Waals surface area contributed by atoms with Gasteiger partial charge in [-0.1, -0.05) is 6.08 Å². The zero-order chi connectivity index (χ0) is 5.11. The van der Waals surface area contributed by atoms with Crippen molar-refractivity contribution in [1.29, 1.82) is 0 Å². The van der Waals surface area contributed by atoms with Crippen molar-refractivity contribution in [3.8, 4) is 0 Å². The van der Waals surface area contributed by atoms with E-state index in [1.54, 1.807) is 0 Å². The maximum absolute atomic E-state index is 3.64. The summed E-state index contributed by atoms with van der Waals surface area (Å²) in [7, 11) is 0. The highest BCUT2D eigenvalue weighted by molar-refractivity contribution is 4.84. The minimum atomic E-state index is 0.762. The summed E-state index contributed by atoms with van der Waals surface area (Å²) in [5, 5.41) is 3.28. The Balaban J connectivity index is 2.03. The van der Waals surface area contributed by atoms with Gasteiger partial charge < -0.3 is 5.32 Å². The quantitative estimate of drug-likeness (QED) is 0.400. The molecule has 1 nitrogen and oxygen atoms in total. The first kappa shape index (κ1) is 4.85. The fourth-order valence-corrected chi connectivity index (χ4v) is 0.751. The van der Waals surface area contributed by atoms with Crippen molar-refractivity contribution >= 4 is 0 Å². The minimum absolute atomic E-state index is 0.762. The first-order valence-electron chi connectivity index (χ1n) is 2.78. The molecule has 0 radical (unpaired) electrons. The SMILES string of the molecule is C=CC[13CH]1CCN1.